The number of halogens is 3. The molecular formula is C27H24Br2ClN3O3. The minimum atomic E-state index is -0.226. The summed E-state index contributed by atoms with van der Waals surface area (Å²) in [5.74, 6) is 1.73. The van der Waals surface area contributed by atoms with Crippen LogP contribution in [-0.4, -0.2) is 23.0 Å². The molecule has 0 saturated carbocycles. The Hall–Kier alpha value is -2.68. The summed E-state index contributed by atoms with van der Waals surface area (Å²) in [6, 6.07) is 16.6. The maximum absolute atomic E-state index is 13.4. The molecule has 1 atom stereocenters. The monoisotopic (exact) mass is 631 g/mol. The number of aromatic nitrogens is 2. The highest BCUT2D eigenvalue weighted by atomic mass is 79.9. The van der Waals surface area contributed by atoms with Crippen LogP contribution < -0.4 is 15.0 Å². The molecule has 3 aromatic carbocycles. The first-order valence-electron chi connectivity index (χ1n) is 11.3. The van der Waals surface area contributed by atoms with Crippen LogP contribution in [0, 0.1) is 0 Å². The van der Waals surface area contributed by atoms with Crippen molar-refractivity contribution in [2.45, 2.75) is 32.8 Å². The van der Waals surface area contributed by atoms with Crippen LogP contribution in [0.15, 0.2) is 73.4 Å². The number of fused-ring (bicyclic) bond motifs is 1. The molecule has 186 valence electrons. The lowest BCUT2D eigenvalue weighted by molar-refractivity contribution is 0.284. The van der Waals surface area contributed by atoms with Gasteiger partial charge in [-0.15, -0.1) is 0 Å². The SMILES string of the molecule is CC[C@@H](C)c1nc2ccc(Br)cc2c(=O)n1N=Cc1cc(OC)c(OCc2ccccc2Cl)cc1Br. The van der Waals surface area contributed by atoms with Crippen LogP contribution in [0.4, 0.5) is 0 Å². The molecule has 4 aromatic rings. The first-order chi connectivity index (χ1) is 17.3. The molecule has 9 heteroatoms. The molecule has 0 N–H and O–H groups in total. The zero-order chi connectivity index (χ0) is 25.8. The second-order valence-corrected chi connectivity index (χ2v) is 10.4. The number of methoxy groups -OCH3 is 1. The zero-order valence-electron chi connectivity index (χ0n) is 20.0. The minimum absolute atomic E-state index is 0.0430. The summed E-state index contributed by atoms with van der Waals surface area (Å²) in [6.45, 7) is 4.38. The average molecular weight is 634 g/mol. The van der Waals surface area contributed by atoms with Gasteiger partial charge in [0.05, 0.1) is 24.2 Å². The van der Waals surface area contributed by atoms with Crippen LogP contribution in [0.5, 0.6) is 11.5 Å². The highest BCUT2D eigenvalue weighted by Gasteiger charge is 2.16. The molecule has 4 rings (SSSR count). The molecule has 0 aliphatic rings. The molecule has 0 unspecified atom stereocenters. The van der Waals surface area contributed by atoms with E-state index in [0.717, 1.165) is 20.9 Å². The van der Waals surface area contributed by atoms with Crippen molar-refractivity contribution in [3.05, 3.63) is 95.9 Å². The number of hydrogen-bond donors (Lipinski definition) is 0. The van der Waals surface area contributed by atoms with Crippen LogP contribution in [-0.2, 0) is 6.61 Å². The molecule has 0 aliphatic carbocycles. The van der Waals surface area contributed by atoms with E-state index in [-0.39, 0.29) is 11.5 Å². The third-order valence-electron chi connectivity index (χ3n) is 5.82. The molecule has 0 aliphatic heterocycles. The van der Waals surface area contributed by atoms with E-state index in [2.05, 4.69) is 43.9 Å². The zero-order valence-corrected chi connectivity index (χ0v) is 23.9. The fraction of sp³-hybridized carbons (Fsp3) is 0.222. The van der Waals surface area contributed by atoms with Crippen LogP contribution in [0.25, 0.3) is 10.9 Å². The fourth-order valence-corrected chi connectivity index (χ4v) is 4.57. The summed E-state index contributed by atoms with van der Waals surface area (Å²) in [7, 11) is 1.57. The smallest absolute Gasteiger partial charge is 0.282 e. The lowest BCUT2D eigenvalue weighted by atomic mass is 10.1. The first kappa shape index (κ1) is 26.4. The quantitative estimate of drug-likeness (QED) is 0.188. The number of hydrogen-bond acceptors (Lipinski definition) is 5. The molecule has 0 radical (unpaired) electrons. The Kier molecular flexibility index (Phi) is 8.49. The Balaban J connectivity index is 1.71. The van der Waals surface area contributed by atoms with Crippen molar-refractivity contribution in [1.82, 2.24) is 9.66 Å². The average Bonchev–Trinajstić information content (AvgIpc) is 2.88. The molecule has 0 spiro atoms. The van der Waals surface area contributed by atoms with Gasteiger partial charge in [0.2, 0.25) is 0 Å². The lowest BCUT2D eigenvalue weighted by Gasteiger charge is -2.15. The molecule has 1 aromatic heterocycles. The van der Waals surface area contributed by atoms with Gasteiger partial charge in [-0.3, -0.25) is 4.79 Å². The Morgan fingerprint density at radius 3 is 2.64 bits per heavy atom. The molecule has 0 fully saturated rings. The number of benzene rings is 3. The summed E-state index contributed by atoms with van der Waals surface area (Å²) in [4.78, 5) is 18.1. The molecule has 0 saturated heterocycles. The van der Waals surface area contributed by atoms with Gasteiger partial charge in [-0.2, -0.15) is 9.78 Å². The van der Waals surface area contributed by atoms with Crippen LogP contribution in [0.1, 0.15) is 43.1 Å². The van der Waals surface area contributed by atoms with Gasteiger partial charge in [-0.25, -0.2) is 4.98 Å². The number of rotatable bonds is 8. The van der Waals surface area contributed by atoms with Gasteiger partial charge in [0.1, 0.15) is 12.4 Å². The van der Waals surface area contributed by atoms with Crippen molar-refractivity contribution in [2.24, 2.45) is 5.10 Å². The van der Waals surface area contributed by atoms with E-state index in [9.17, 15) is 4.79 Å². The van der Waals surface area contributed by atoms with Crippen molar-refractivity contribution in [2.75, 3.05) is 7.11 Å². The topological polar surface area (TPSA) is 65.7 Å². The molecule has 6 nitrogen and oxygen atoms in total. The minimum Gasteiger partial charge on any atom is -0.493 e. The third kappa shape index (κ3) is 5.66. The van der Waals surface area contributed by atoms with Crippen molar-refractivity contribution in [1.29, 1.82) is 0 Å². The Bertz CT molecular complexity index is 1500. The molecule has 36 heavy (non-hydrogen) atoms. The van der Waals surface area contributed by atoms with Crippen LogP contribution >= 0.6 is 43.5 Å². The van der Waals surface area contributed by atoms with Crippen molar-refractivity contribution in [3.63, 3.8) is 0 Å². The normalized spacial score (nSPS) is 12.3. The lowest BCUT2D eigenvalue weighted by Crippen LogP contribution is -2.23. The molecule has 0 bridgehead atoms. The first-order valence-corrected chi connectivity index (χ1v) is 13.3. The van der Waals surface area contributed by atoms with E-state index in [1.807, 2.05) is 49.4 Å². The van der Waals surface area contributed by atoms with Crippen LogP contribution in [0.3, 0.4) is 0 Å². The second-order valence-electron chi connectivity index (χ2n) is 8.21. The molecular weight excluding hydrogens is 610 g/mol. The van der Waals surface area contributed by atoms with Gasteiger partial charge in [-0.1, -0.05) is 59.6 Å². The van der Waals surface area contributed by atoms with E-state index < -0.39 is 0 Å². The van der Waals surface area contributed by atoms with Crippen molar-refractivity contribution in [3.8, 4) is 11.5 Å². The predicted molar refractivity (Wildman–Crippen MR) is 152 cm³/mol. The van der Waals surface area contributed by atoms with Crippen LogP contribution in [0.2, 0.25) is 5.02 Å². The maximum Gasteiger partial charge on any atom is 0.282 e. The van der Waals surface area contributed by atoms with Gasteiger partial charge in [0.25, 0.3) is 5.56 Å². The largest absolute Gasteiger partial charge is 0.493 e. The van der Waals surface area contributed by atoms with E-state index in [0.29, 0.717) is 45.4 Å². The van der Waals surface area contributed by atoms with Crippen molar-refractivity contribution >= 4 is 60.6 Å². The highest BCUT2D eigenvalue weighted by molar-refractivity contribution is 9.10. The van der Waals surface area contributed by atoms with Gasteiger partial charge in [-0.05, 0) is 58.7 Å². The predicted octanol–water partition coefficient (Wildman–Crippen LogP) is 7.56. The van der Waals surface area contributed by atoms with Gasteiger partial charge < -0.3 is 9.47 Å². The van der Waals surface area contributed by atoms with E-state index >= 15 is 0 Å². The van der Waals surface area contributed by atoms with Gasteiger partial charge in [0, 0.05) is 31.0 Å². The maximum atomic E-state index is 13.4. The summed E-state index contributed by atoms with van der Waals surface area (Å²) >= 11 is 13.3. The Morgan fingerprint density at radius 2 is 1.92 bits per heavy atom. The van der Waals surface area contributed by atoms with Gasteiger partial charge >= 0.3 is 0 Å². The van der Waals surface area contributed by atoms with Gasteiger partial charge in [0.15, 0.2) is 11.5 Å². The molecule has 0 amide bonds. The summed E-state index contributed by atoms with van der Waals surface area (Å²) in [6.07, 6.45) is 2.43. The van der Waals surface area contributed by atoms with Crippen molar-refractivity contribution < 1.29 is 9.47 Å². The Labute approximate surface area is 231 Å². The third-order valence-corrected chi connectivity index (χ3v) is 7.37. The number of ether oxygens (including phenoxy) is 2. The summed E-state index contributed by atoms with van der Waals surface area (Å²) in [5.41, 5.74) is 2.01. The second kappa shape index (κ2) is 11.6. The standard InChI is InChI=1S/C27H24Br2ClN3O3/c1-4-16(2)26-32-23-10-9-19(28)12-20(23)27(34)33(26)31-14-18-11-24(35-3)25(13-21(18)29)36-15-17-7-5-6-8-22(17)30/h5-14,16H,4,15H2,1-3H3/t16-/m1/s1. The fourth-order valence-electron chi connectivity index (χ4n) is 3.59. The van der Waals surface area contributed by atoms with E-state index in [1.165, 1.54) is 4.68 Å². The number of nitrogens with zero attached hydrogens (tertiary/aromatic N) is 3. The Morgan fingerprint density at radius 1 is 1.14 bits per heavy atom. The summed E-state index contributed by atoms with van der Waals surface area (Å²) in [5, 5.41) is 5.68. The molecule has 1 heterocycles. The van der Waals surface area contributed by atoms with E-state index in [1.54, 1.807) is 25.5 Å². The highest BCUT2D eigenvalue weighted by Crippen LogP contribution is 2.34. The van der Waals surface area contributed by atoms with E-state index in [4.69, 9.17) is 26.1 Å². The summed E-state index contributed by atoms with van der Waals surface area (Å²) < 4.78 is 14.5.